The van der Waals surface area contributed by atoms with Gasteiger partial charge in [-0.2, -0.15) is 0 Å². The van der Waals surface area contributed by atoms with Gasteiger partial charge in [0, 0.05) is 0 Å². The van der Waals surface area contributed by atoms with Crippen molar-refractivity contribution in [2.45, 2.75) is 0 Å². The van der Waals surface area contributed by atoms with Gasteiger partial charge in [-0.15, -0.1) is 16.7 Å². The fraction of sp³-hybridized carbons (Fsp3) is 0.714. The minimum absolute atomic E-state index is 0.0472. The summed E-state index contributed by atoms with van der Waals surface area (Å²) >= 11 is 0. The SMILES string of the molecule is C=CCOCCOCCO[N+](=O)[O-]. The highest BCUT2D eigenvalue weighted by molar-refractivity contribution is 4.63. The first-order valence-electron chi connectivity index (χ1n) is 3.81. The zero-order chi connectivity index (χ0) is 9.94. The summed E-state index contributed by atoms with van der Waals surface area (Å²) in [5.41, 5.74) is 0. The van der Waals surface area contributed by atoms with Crippen molar-refractivity contribution in [1.82, 2.24) is 0 Å². The average Bonchev–Trinajstić information content (AvgIpc) is 2.09. The second kappa shape index (κ2) is 8.95. The van der Waals surface area contributed by atoms with E-state index in [4.69, 9.17) is 9.47 Å². The van der Waals surface area contributed by atoms with E-state index in [-0.39, 0.29) is 13.2 Å². The summed E-state index contributed by atoms with van der Waals surface area (Å²) < 4.78 is 9.93. The minimum atomic E-state index is -0.850. The van der Waals surface area contributed by atoms with Crippen LogP contribution in [0.2, 0.25) is 0 Å². The van der Waals surface area contributed by atoms with E-state index in [1.54, 1.807) is 6.08 Å². The van der Waals surface area contributed by atoms with E-state index < -0.39 is 5.09 Å². The van der Waals surface area contributed by atoms with Gasteiger partial charge in [0.1, 0.15) is 6.61 Å². The molecule has 0 radical (unpaired) electrons. The average molecular weight is 191 g/mol. The Kier molecular flexibility index (Phi) is 8.17. The number of nitrogens with zero attached hydrogens (tertiary/aromatic N) is 1. The summed E-state index contributed by atoms with van der Waals surface area (Å²) in [5, 5.41) is 8.82. The Labute approximate surface area is 76.2 Å². The van der Waals surface area contributed by atoms with Crippen molar-refractivity contribution in [2.24, 2.45) is 0 Å². The fourth-order valence-electron chi connectivity index (χ4n) is 0.557. The lowest BCUT2D eigenvalue weighted by atomic mass is 10.7. The molecule has 0 aliphatic heterocycles. The smallest absolute Gasteiger partial charge is 0.294 e. The van der Waals surface area contributed by atoms with Gasteiger partial charge >= 0.3 is 0 Å². The van der Waals surface area contributed by atoms with E-state index in [0.29, 0.717) is 19.8 Å². The van der Waals surface area contributed by atoms with Crippen LogP contribution in [0, 0.1) is 10.1 Å². The first-order chi connectivity index (χ1) is 6.27. The first kappa shape index (κ1) is 11.9. The first-order valence-corrected chi connectivity index (χ1v) is 3.81. The van der Waals surface area contributed by atoms with Crippen LogP contribution in [0.15, 0.2) is 12.7 Å². The van der Waals surface area contributed by atoms with E-state index in [1.807, 2.05) is 0 Å². The van der Waals surface area contributed by atoms with Crippen LogP contribution in [0.5, 0.6) is 0 Å². The fourth-order valence-corrected chi connectivity index (χ4v) is 0.557. The third-order valence-corrected chi connectivity index (χ3v) is 1.03. The van der Waals surface area contributed by atoms with Gasteiger partial charge < -0.3 is 14.3 Å². The highest BCUT2D eigenvalue weighted by Gasteiger charge is 1.93. The molecule has 0 bridgehead atoms. The molecule has 0 N–H and O–H groups in total. The highest BCUT2D eigenvalue weighted by atomic mass is 17.0. The molecule has 0 aliphatic carbocycles. The molecule has 6 nitrogen and oxygen atoms in total. The quantitative estimate of drug-likeness (QED) is 0.228. The van der Waals surface area contributed by atoms with Crippen LogP contribution in [0.4, 0.5) is 0 Å². The Morgan fingerprint density at radius 2 is 1.85 bits per heavy atom. The maximum Gasteiger partial charge on any atom is 0.294 e. The lowest BCUT2D eigenvalue weighted by Gasteiger charge is -2.02. The molecule has 0 aromatic carbocycles. The molecule has 0 unspecified atom stereocenters. The van der Waals surface area contributed by atoms with E-state index in [9.17, 15) is 10.1 Å². The highest BCUT2D eigenvalue weighted by Crippen LogP contribution is 1.81. The Morgan fingerprint density at radius 3 is 2.46 bits per heavy atom. The van der Waals surface area contributed by atoms with Gasteiger partial charge in [-0.1, -0.05) is 6.08 Å². The number of rotatable bonds is 9. The standard InChI is InChI=1S/C7H13NO5/c1-2-3-11-4-5-12-6-7-13-8(9)10/h2H,1,3-7H2. The maximum atomic E-state index is 9.67. The van der Waals surface area contributed by atoms with Crippen LogP contribution >= 0.6 is 0 Å². The maximum absolute atomic E-state index is 9.67. The Bertz CT molecular complexity index is 150. The second-order valence-corrected chi connectivity index (χ2v) is 2.03. The van der Waals surface area contributed by atoms with Crippen LogP contribution in [0.1, 0.15) is 0 Å². The monoisotopic (exact) mass is 191 g/mol. The van der Waals surface area contributed by atoms with Crippen LogP contribution < -0.4 is 0 Å². The van der Waals surface area contributed by atoms with E-state index in [2.05, 4.69) is 11.4 Å². The minimum Gasteiger partial charge on any atom is -0.377 e. The van der Waals surface area contributed by atoms with Crippen molar-refractivity contribution in [3.8, 4) is 0 Å². The molecular formula is C7H13NO5. The van der Waals surface area contributed by atoms with Crippen molar-refractivity contribution < 1.29 is 19.4 Å². The van der Waals surface area contributed by atoms with Crippen molar-refractivity contribution >= 4 is 0 Å². The largest absolute Gasteiger partial charge is 0.377 e. The number of hydrogen-bond acceptors (Lipinski definition) is 5. The molecule has 0 aliphatic rings. The van der Waals surface area contributed by atoms with Crippen LogP contribution in [-0.4, -0.2) is 38.1 Å². The van der Waals surface area contributed by atoms with Crippen molar-refractivity contribution in [3.63, 3.8) is 0 Å². The molecule has 0 atom stereocenters. The van der Waals surface area contributed by atoms with Crippen molar-refractivity contribution in [1.29, 1.82) is 0 Å². The Hall–Kier alpha value is -1.14. The molecular weight excluding hydrogens is 178 g/mol. The third-order valence-electron chi connectivity index (χ3n) is 1.03. The van der Waals surface area contributed by atoms with Crippen molar-refractivity contribution in [3.05, 3.63) is 22.8 Å². The van der Waals surface area contributed by atoms with E-state index >= 15 is 0 Å². The third kappa shape index (κ3) is 10.9. The van der Waals surface area contributed by atoms with Gasteiger partial charge in [-0.25, -0.2) is 0 Å². The molecule has 0 spiro atoms. The van der Waals surface area contributed by atoms with Crippen LogP contribution in [-0.2, 0) is 14.3 Å². The summed E-state index contributed by atoms with van der Waals surface area (Å²) in [7, 11) is 0. The molecule has 0 aromatic rings. The Balaban J connectivity index is 2.91. The molecule has 0 aromatic heterocycles. The molecule has 0 amide bonds. The molecule has 0 heterocycles. The summed E-state index contributed by atoms with van der Waals surface area (Å²) in [4.78, 5) is 13.7. The normalized spacial score (nSPS) is 9.54. The van der Waals surface area contributed by atoms with Crippen molar-refractivity contribution in [2.75, 3.05) is 33.0 Å². The lowest BCUT2D eigenvalue weighted by Crippen LogP contribution is -2.11. The molecule has 0 rings (SSSR count). The van der Waals surface area contributed by atoms with Gasteiger partial charge in [0.25, 0.3) is 5.09 Å². The van der Waals surface area contributed by atoms with Gasteiger partial charge in [-0.05, 0) is 0 Å². The molecule has 0 saturated heterocycles. The van der Waals surface area contributed by atoms with Crippen LogP contribution in [0.3, 0.4) is 0 Å². The second-order valence-electron chi connectivity index (χ2n) is 2.03. The molecule has 13 heavy (non-hydrogen) atoms. The number of hydrogen-bond donors (Lipinski definition) is 0. The molecule has 6 heteroatoms. The molecule has 0 saturated carbocycles. The summed E-state index contributed by atoms with van der Waals surface area (Å²) in [5.74, 6) is 0. The van der Waals surface area contributed by atoms with Gasteiger partial charge in [0.05, 0.1) is 26.4 Å². The molecule has 76 valence electrons. The topological polar surface area (TPSA) is 70.8 Å². The van der Waals surface area contributed by atoms with E-state index in [1.165, 1.54) is 0 Å². The summed E-state index contributed by atoms with van der Waals surface area (Å²) in [6.07, 6.45) is 1.63. The predicted octanol–water partition coefficient (Wildman–Crippen LogP) is 0.414. The number of ether oxygens (including phenoxy) is 2. The van der Waals surface area contributed by atoms with E-state index in [0.717, 1.165) is 0 Å². The lowest BCUT2D eigenvalue weighted by molar-refractivity contribution is -0.758. The summed E-state index contributed by atoms with van der Waals surface area (Å²) in [6.45, 7) is 4.94. The molecule has 0 fully saturated rings. The zero-order valence-electron chi connectivity index (χ0n) is 7.31. The zero-order valence-corrected chi connectivity index (χ0v) is 7.31. The van der Waals surface area contributed by atoms with Gasteiger partial charge in [-0.3, -0.25) is 0 Å². The Morgan fingerprint density at radius 1 is 1.23 bits per heavy atom. The van der Waals surface area contributed by atoms with Gasteiger partial charge in [0.2, 0.25) is 0 Å². The van der Waals surface area contributed by atoms with Crippen LogP contribution in [0.25, 0.3) is 0 Å². The summed E-state index contributed by atoms with van der Waals surface area (Å²) in [6, 6.07) is 0. The van der Waals surface area contributed by atoms with Gasteiger partial charge in [0.15, 0.2) is 0 Å². The predicted molar refractivity (Wildman–Crippen MR) is 44.8 cm³/mol.